The van der Waals surface area contributed by atoms with Crippen molar-refractivity contribution in [1.82, 2.24) is 20.2 Å². The summed E-state index contributed by atoms with van der Waals surface area (Å²) in [5, 5.41) is 6.05. The molecule has 0 atom stereocenters. The number of anilines is 2. The number of benzene rings is 2. The molecule has 2 aromatic carbocycles. The van der Waals surface area contributed by atoms with E-state index in [1.165, 1.54) is 6.33 Å². The van der Waals surface area contributed by atoms with Crippen molar-refractivity contribution in [3.05, 3.63) is 72.7 Å². The average molecular weight is 391 g/mol. The maximum atomic E-state index is 12.3. The molecule has 29 heavy (non-hydrogen) atoms. The van der Waals surface area contributed by atoms with Crippen molar-refractivity contribution in [2.75, 3.05) is 32.5 Å². The van der Waals surface area contributed by atoms with Crippen LogP contribution < -0.4 is 15.4 Å². The molecule has 0 saturated carbocycles. The van der Waals surface area contributed by atoms with Crippen molar-refractivity contribution in [1.29, 1.82) is 0 Å². The van der Waals surface area contributed by atoms with Crippen LogP contribution >= 0.6 is 0 Å². The van der Waals surface area contributed by atoms with E-state index in [0.717, 1.165) is 30.2 Å². The zero-order chi connectivity index (χ0) is 20.5. The average Bonchev–Trinajstić information content (AvgIpc) is 2.73. The predicted octanol–water partition coefficient (Wildman–Crippen LogP) is 3.69. The van der Waals surface area contributed by atoms with Crippen molar-refractivity contribution in [3.63, 3.8) is 0 Å². The fourth-order valence-corrected chi connectivity index (χ4v) is 2.62. The van der Waals surface area contributed by atoms with E-state index in [2.05, 4.69) is 25.5 Å². The third-order valence-electron chi connectivity index (χ3n) is 4.07. The highest BCUT2D eigenvalue weighted by Gasteiger charge is 2.08. The lowest BCUT2D eigenvalue weighted by molar-refractivity contribution is 0.0947. The van der Waals surface area contributed by atoms with Gasteiger partial charge in [-0.2, -0.15) is 0 Å². The van der Waals surface area contributed by atoms with Gasteiger partial charge in [-0.3, -0.25) is 4.79 Å². The van der Waals surface area contributed by atoms with Gasteiger partial charge in [-0.1, -0.05) is 18.2 Å². The molecular formula is C22H25N5O2. The highest BCUT2D eigenvalue weighted by atomic mass is 16.5. The maximum absolute atomic E-state index is 12.3. The maximum Gasteiger partial charge on any atom is 0.270 e. The molecule has 0 unspecified atom stereocenters. The first-order valence-electron chi connectivity index (χ1n) is 9.45. The SMILES string of the molecule is CN(C)CCCNC(=O)c1cc(Nc2ccc(Oc3ccccc3)cc2)ncn1. The van der Waals surface area contributed by atoms with Crippen LogP contribution in [0.2, 0.25) is 0 Å². The summed E-state index contributed by atoms with van der Waals surface area (Å²) < 4.78 is 5.79. The quantitative estimate of drug-likeness (QED) is 0.542. The Kier molecular flexibility index (Phi) is 7.13. The normalized spacial score (nSPS) is 10.6. The minimum atomic E-state index is -0.208. The van der Waals surface area contributed by atoms with Crippen LogP contribution in [-0.2, 0) is 0 Å². The van der Waals surface area contributed by atoms with Gasteiger partial charge in [0.1, 0.15) is 29.3 Å². The van der Waals surface area contributed by atoms with Gasteiger partial charge in [-0.15, -0.1) is 0 Å². The van der Waals surface area contributed by atoms with Crippen molar-refractivity contribution in [2.24, 2.45) is 0 Å². The molecule has 3 rings (SSSR count). The number of nitrogens with one attached hydrogen (secondary N) is 2. The monoisotopic (exact) mass is 391 g/mol. The predicted molar refractivity (Wildman–Crippen MR) is 114 cm³/mol. The third kappa shape index (κ3) is 6.58. The molecule has 2 N–H and O–H groups in total. The fourth-order valence-electron chi connectivity index (χ4n) is 2.62. The van der Waals surface area contributed by atoms with Crippen LogP contribution in [0.1, 0.15) is 16.9 Å². The van der Waals surface area contributed by atoms with E-state index in [9.17, 15) is 4.79 Å². The molecule has 3 aromatic rings. The van der Waals surface area contributed by atoms with Gasteiger partial charge in [0.2, 0.25) is 0 Å². The van der Waals surface area contributed by atoms with Gasteiger partial charge in [0, 0.05) is 18.3 Å². The van der Waals surface area contributed by atoms with Crippen molar-refractivity contribution >= 4 is 17.4 Å². The number of carbonyl (C=O) groups excluding carboxylic acids is 1. The van der Waals surface area contributed by atoms with E-state index in [1.54, 1.807) is 6.07 Å². The molecule has 7 heteroatoms. The Morgan fingerprint density at radius 2 is 1.72 bits per heavy atom. The molecule has 1 aromatic heterocycles. The lowest BCUT2D eigenvalue weighted by atomic mass is 10.3. The lowest BCUT2D eigenvalue weighted by Gasteiger charge is -2.10. The first-order valence-corrected chi connectivity index (χ1v) is 9.45. The summed E-state index contributed by atoms with van der Waals surface area (Å²) in [6, 6.07) is 18.8. The number of hydrogen-bond donors (Lipinski definition) is 2. The van der Waals surface area contributed by atoms with Crippen LogP contribution in [0.4, 0.5) is 11.5 Å². The summed E-state index contributed by atoms with van der Waals surface area (Å²) in [6.07, 6.45) is 2.26. The van der Waals surface area contributed by atoms with Crippen LogP contribution in [0.25, 0.3) is 0 Å². The first-order chi connectivity index (χ1) is 14.1. The van der Waals surface area contributed by atoms with Crippen molar-refractivity contribution < 1.29 is 9.53 Å². The van der Waals surface area contributed by atoms with Crippen molar-refractivity contribution in [2.45, 2.75) is 6.42 Å². The van der Waals surface area contributed by atoms with Gasteiger partial charge in [-0.05, 0) is 63.5 Å². The van der Waals surface area contributed by atoms with E-state index < -0.39 is 0 Å². The van der Waals surface area contributed by atoms with Gasteiger partial charge in [0.25, 0.3) is 5.91 Å². The molecule has 0 bridgehead atoms. The second kappa shape index (κ2) is 10.2. The van der Waals surface area contributed by atoms with Gasteiger partial charge in [0.15, 0.2) is 0 Å². The summed E-state index contributed by atoms with van der Waals surface area (Å²) in [7, 11) is 4.01. The number of carbonyl (C=O) groups is 1. The molecule has 1 amide bonds. The standard InChI is InChI=1S/C22H25N5O2/c1-27(2)14-6-13-23-22(28)20-15-21(25-16-24-20)26-17-9-11-19(12-10-17)29-18-7-4-3-5-8-18/h3-5,7-12,15-16H,6,13-14H2,1-2H3,(H,23,28)(H,24,25,26). The molecule has 0 aliphatic rings. The van der Waals surface area contributed by atoms with E-state index in [1.807, 2.05) is 68.7 Å². The molecule has 0 aliphatic carbocycles. The Balaban J connectivity index is 1.56. The Bertz CT molecular complexity index is 914. The minimum Gasteiger partial charge on any atom is -0.457 e. The minimum absolute atomic E-state index is 0.208. The largest absolute Gasteiger partial charge is 0.457 e. The van der Waals surface area contributed by atoms with Gasteiger partial charge < -0.3 is 20.3 Å². The molecule has 0 radical (unpaired) electrons. The number of hydrogen-bond acceptors (Lipinski definition) is 6. The molecule has 0 fully saturated rings. The second-order valence-corrected chi connectivity index (χ2v) is 6.77. The van der Waals surface area contributed by atoms with E-state index in [-0.39, 0.29) is 5.91 Å². The van der Waals surface area contributed by atoms with Crippen molar-refractivity contribution in [3.8, 4) is 11.5 Å². The molecule has 150 valence electrons. The number of aromatic nitrogens is 2. The van der Waals surface area contributed by atoms with Crippen LogP contribution in [-0.4, -0.2) is 48.0 Å². The number of rotatable bonds is 9. The summed E-state index contributed by atoms with van der Waals surface area (Å²) in [5.41, 5.74) is 1.16. The van der Waals surface area contributed by atoms with Gasteiger partial charge in [-0.25, -0.2) is 9.97 Å². The topological polar surface area (TPSA) is 79.4 Å². The zero-order valence-electron chi connectivity index (χ0n) is 16.6. The smallest absolute Gasteiger partial charge is 0.270 e. The Hall–Kier alpha value is -3.45. The Morgan fingerprint density at radius 3 is 2.45 bits per heavy atom. The third-order valence-corrected chi connectivity index (χ3v) is 4.07. The highest BCUT2D eigenvalue weighted by Crippen LogP contribution is 2.23. The van der Waals surface area contributed by atoms with Gasteiger partial charge in [0.05, 0.1) is 0 Å². The fraction of sp³-hybridized carbons (Fsp3) is 0.227. The van der Waals surface area contributed by atoms with Crippen LogP contribution in [0, 0.1) is 0 Å². The molecule has 0 aliphatic heterocycles. The Morgan fingerprint density at radius 1 is 1.00 bits per heavy atom. The van der Waals surface area contributed by atoms with Crippen LogP contribution in [0.5, 0.6) is 11.5 Å². The lowest BCUT2D eigenvalue weighted by Crippen LogP contribution is -2.27. The number of amides is 1. The molecular weight excluding hydrogens is 366 g/mol. The van der Waals surface area contributed by atoms with Crippen LogP contribution in [0.3, 0.4) is 0 Å². The first kappa shape index (κ1) is 20.3. The molecule has 0 spiro atoms. The molecule has 1 heterocycles. The Labute approximate surface area is 170 Å². The molecule has 7 nitrogen and oxygen atoms in total. The number of ether oxygens (including phenoxy) is 1. The summed E-state index contributed by atoms with van der Waals surface area (Å²) in [6.45, 7) is 1.52. The van der Waals surface area contributed by atoms with Gasteiger partial charge >= 0.3 is 0 Å². The van der Waals surface area contributed by atoms with E-state index in [0.29, 0.717) is 18.1 Å². The van der Waals surface area contributed by atoms with Crippen LogP contribution in [0.15, 0.2) is 67.0 Å². The second-order valence-electron chi connectivity index (χ2n) is 6.77. The summed E-state index contributed by atoms with van der Waals surface area (Å²) in [4.78, 5) is 22.6. The summed E-state index contributed by atoms with van der Waals surface area (Å²) in [5.74, 6) is 1.86. The number of nitrogens with zero attached hydrogens (tertiary/aromatic N) is 3. The zero-order valence-corrected chi connectivity index (χ0v) is 16.6. The molecule has 0 saturated heterocycles. The van der Waals surface area contributed by atoms with E-state index >= 15 is 0 Å². The highest BCUT2D eigenvalue weighted by molar-refractivity contribution is 5.92. The number of para-hydroxylation sites is 1. The van der Waals surface area contributed by atoms with E-state index in [4.69, 9.17) is 4.74 Å². The summed E-state index contributed by atoms with van der Waals surface area (Å²) >= 11 is 0.